The Hall–Kier alpha value is -1.32. The van der Waals surface area contributed by atoms with E-state index in [1.165, 1.54) is 19.3 Å². The fraction of sp³-hybridized carbons (Fsp3) is 0.765. The Kier molecular flexibility index (Phi) is 5.07. The van der Waals surface area contributed by atoms with Gasteiger partial charge in [0.2, 0.25) is 0 Å². The highest BCUT2D eigenvalue weighted by Gasteiger charge is 2.24. The van der Waals surface area contributed by atoms with Gasteiger partial charge in [0, 0.05) is 24.1 Å². The summed E-state index contributed by atoms with van der Waals surface area (Å²) in [5, 5.41) is 6.93. The van der Waals surface area contributed by atoms with Crippen LogP contribution in [0.2, 0.25) is 0 Å². The van der Waals surface area contributed by atoms with Gasteiger partial charge in [-0.15, -0.1) is 0 Å². The van der Waals surface area contributed by atoms with E-state index in [-0.39, 0.29) is 5.41 Å². The van der Waals surface area contributed by atoms with Crippen molar-refractivity contribution in [3.63, 3.8) is 0 Å². The minimum Gasteiger partial charge on any atom is -0.370 e. The smallest absolute Gasteiger partial charge is 0.138 e. The Balaban J connectivity index is 2.13. The molecule has 1 aliphatic rings. The van der Waals surface area contributed by atoms with Crippen LogP contribution in [-0.2, 0) is 5.41 Å². The van der Waals surface area contributed by atoms with Crippen LogP contribution in [0.1, 0.15) is 66.1 Å². The van der Waals surface area contributed by atoms with E-state index >= 15 is 0 Å². The molecule has 1 saturated carbocycles. The van der Waals surface area contributed by atoms with Gasteiger partial charge in [-0.2, -0.15) is 0 Å². The van der Waals surface area contributed by atoms with Crippen molar-refractivity contribution >= 4 is 11.6 Å². The molecule has 2 rings (SSSR count). The summed E-state index contributed by atoms with van der Waals surface area (Å²) in [6.45, 7) is 11.8. The standard InChI is InChI=1S/C17H30N4/c1-6-9-18-14-11-15(19-12(2)10-13-7-8-13)21-16(20-14)17(3,4)5/h11-13H,6-10H2,1-5H3,(H2,18,19,20,21). The van der Waals surface area contributed by atoms with Crippen LogP contribution in [0.25, 0.3) is 0 Å². The van der Waals surface area contributed by atoms with Crippen molar-refractivity contribution < 1.29 is 0 Å². The molecule has 0 saturated heterocycles. The summed E-state index contributed by atoms with van der Waals surface area (Å²) in [7, 11) is 0. The lowest BCUT2D eigenvalue weighted by molar-refractivity contribution is 0.545. The van der Waals surface area contributed by atoms with Crippen LogP contribution in [0.5, 0.6) is 0 Å². The van der Waals surface area contributed by atoms with Crippen LogP contribution >= 0.6 is 0 Å². The van der Waals surface area contributed by atoms with E-state index < -0.39 is 0 Å². The van der Waals surface area contributed by atoms with E-state index in [1.807, 2.05) is 6.07 Å². The molecule has 4 nitrogen and oxygen atoms in total. The molecule has 1 unspecified atom stereocenters. The van der Waals surface area contributed by atoms with Gasteiger partial charge in [-0.25, -0.2) is 9.97 Å². The van der Waals surface area contributed by atoms with Crippen molar-refractivity contribution in [1.82, 2.24) is 9.97 Å². The highest BCUT2D eigenvalue weighted by Crippen LogP contribution is 2.34. The Labute approximate surface area is 129 Å². The maximum Gasteiger partial charge on any atom is 0.138 e. The second-order valence-electron chi connectivity index (χ2n) is 7.36. The van der Waals surface area contributed by atoms with Crippen molar-refractivity contribution in [2.75, 3.05) is 17.2 Å². The van der Waals surface area contributed by atoms with Gasteiger partial charge in [0.25, 0.3) is 0 Å². The molecule has 1 fully saturated rings. The van der Waals surface area contributed by atoms with Gasteiger partial charge in [-0.1, -0.05) is 40.5 Å². The fourth-order valence-electron chi connectivity index (χ4n) is 2.37. The van der Waals surface area contributed by atoms with Crippen LogP contribution in [-0.4, -0.2) is 22.6 Å². The van der Waals surface area contributed by atoms with Gasteiger partial charge in [0.1, 0.15) is 17.5 Å². The third-order valence-electron chi connectivity index (χ3n) is 3.73. The number of hydrogen-bond donors (Lipinski definition) is 2. The van der Waals surface area contributed by atoms with Gasteiger partial charge in [0.05, 0.1) is 0 Å². The van der Waals surface area contributed by atoms with Crippen LogP contribution in [0.3, 0.4) is 0 Å². The summed E-state index contributed by atoms with van der Waals surface area (Å²) in [6.07, 6.45) is 5.13. The normalized spacial score (nSPS) is 16.6. The summed E-state index contributed by atoms with van der Waals surface area (Å²) in [6, 6.07) is 2.51. The van der Waals surface area contributed by atoms with E-state index in [2.05, 4.69) is 50.2 Å². The average Bonchev–Trinajstić information content (AvgIpc) is 3.18. The average molecular weight is 290 g/mol. The first kappa shape index (κ1) is 16.1. The molecule has 0 aromatic carbocycles. The number of nitrogens with zero attached hydrogens (tertiary/aromatic N) is 2. The number of hydrogen-bond acceptors (Lipinski definition) is 4. The molecule has 1 aromatic heterocycles. The van der Waals surface area contributed by atoms with E-state index in [0.717, 1.165) is 36.3 Å². The number of nitrogens with one attached hydrogen (secondary N) is 2. The van der Waals surface area contributed by atoms with Gasteiger partial charge >= 0.3 is 0 Å². The first-order valence-corrected chi connectivity index (χ1v) is 8.28. The number of rotatable bonds is 7. The Morgan fingerprint density at radius 1 is 1.24 bits per heavy atom. The van der Waals surface area contributed by atoms with Crippen LogP contribution in [0.4, 0.5) is 11.6 Å². The number of aromatic nitrogens is 2. The molecular weight excluding hydrogens is 260 g/mol. The van der Waals surface area contributed by atoms with Gasteiger partial charge < -0.3 is 10.6 Å². The van der Waals surface area contributed by atoms with E-state index in [4.69, 9.17) is 4.98 Å². The predicted octanol–water partition coefficient (Wildman–Crippen LogP) is 4.20. The molecule has 0 radical (unpaired) electrons. The van der Waals surface area contributed by atoms with Crippen molar-refractivity contribution in [1.29, 1.82) is 0 Å². The van der Waals surface area contributed by atoms with Crippen LogP contribution in [0, 0.1) is 5.92 Å². The van der Waals surface area contributed by atoms with Crippen molar-refractivity contribution in [2.45, 2.75) is 71.8 Å². The summed E-state index contributed by atoms with van der Waals surface area (Å²) in [5.74, 6) is 3.69. The molecule has 1 aliphatic carbocycles. The molecule has 21 heavy (non-hydrogen) atoms. The largest absolute Gasteiger partial charge is 0.370 e. The molecule has 1 atom stereocenters. The van der Waals surface area contributed by atoms with Crippen LogP contribution in [0.15, 0.2) is 6.07 Å². The third kappa shape index (κ3) is 5.18. The lowest BCUT2D eigenvalue weighted by atomic mass is 9.96. The molecule has 0 amide bonds. The molecule has 118 valence electrons. The Bertz CT molecular complexity index is 460. The van der Waals surface area contributed by atoms with Gasteiger partial charge in [0.15, 0.2) is 0 Å². The molecular formula is C17H30N4. The Morgan fingerprint density at radius 3 is 2.48 bits per heavy atom. The maximum atomic E-state index is 4.72. The topological polar surface area (TPSA) is 49.8 Å². The fourth-order valence-corrected chi connectivity index (χ4v) is 2.37. The summed E-state index contributed by atoms with van der Waals surface area (Å²) < 4.78 is 0. The molecule has 4 heteroatoms. The first-order valence-electron chi connectivity index (χ1n) is 8.28. The van der Waals surface area contributed by atoms with Crippen molar-refractivity contribution in [3.05, 3.63) is 11.9 Å². The minimum atomic E-state index is -0.0416. The highest BCUT2D eigenvalue weighted by atomic mass is 15.1. The first-order chi connectivity index (χ1) is 9.88. The lowest BCUT2D eigenvalue weighted by Gasteiger charge is -2.21. The SMILES string of the molecule is CCCNc1cc(NC(C)CC2CC2)nc(C(C)(C)C)n1. The predicted molar refractivity (Wildman–Crippen MR) is 89.9 cm³/mol. The molecule has 0 bridgehead atoms. The summed E-state index contributed by atoms with van der Waals surface area (Å²) >= 11 is 0. The second-order valence-corrected chi connectivity index (χ2v) is 7.36. The van der Waals surface area contributed by atoms with E-state index in [9.17, 15) is 0 Å². The van der Waals surface area contributed by atoms with E-state index in [0.29, 0.717) is 6.04 Å². The van der Waals surface area contributed by atoms with Gasteiger partial charge in [-0.05, 0) is 25.7 Å². The molecule has 0 aliphatic heterocycles. The highest BCUT2D eigenvalue weighted by molar-refractivity contribution is 5.48. The zero-order valence-corrected chi connectivity index (χ0v) is 14.2. The number of anilines is 2. The second kappa shape index (κ2) is 6.63. The summed E-state index contributed by atoms with van der Waals surface area (Å²) in [4.78, 5) is 9.38. The molecule has 1 aromatic rings. The third-order valence-corrected chi connectivity index (χ3v) is 3.73. The maximum absolute atomic E-state index is 4.72. The van der Waals surface area contributed by atoms with E-state index in [1.54, 1.807) is 0 Å². The lowest BCUT2D eigenvalue weighted by Crippen LogP contribution is -2.21. The zero-order valence-electron chi connectivity index (χ0n) is 14.2. The monoisotopic (exact) mass is 290 g/mol. The zero-order chi connectivity index (χ0) is 15.5. The quantitative estimate of drug-likeness (QED) is 0.790. The molecule has 1 heterocycles. The minimum absolute atomic E-state index is 0.0416. The van der Waals surface area contributed by atoms with Crippen molar-refractivity contribution in [3.8, 4) is 0 Å². The summed E-state index contributed by atoms with van der Waals surface area (Å²) in [5.41, 5.74) is -0.0416. The molecule has 2 N–H and O–H groups in total. The van der Waals surface area contributed by atoms with Crippen molar-refractivity contribution in [2.24, 2.45) is 5.92 Å². The molecule has 0 spiro atoms. The van der Waals surface area contributed by atoms with Crippen LogP contribution < -0.4 is 10.6 Å². The van der Waals surface area contributed by atoms with Gasteiger partial charge in [-0.3, -0.25) is 0 Å². The Morgan fingerprint density at radius 2 is 1.90 bits per heavy atom.